The van der Waals surface area contributed by atoms with Crippen LogP contribution in [0.5, 0.6) is 0 Å². The van der Waals surface area contributed by atoms with Crippen LogP contribution >= 0.6 is 0 Å². The summed E-state index contributed by atoms with van der Waals surface area (Å²) in [6.07, 6.45) is -12.5. The molecule has 3 heterocycles. The van der Waals surface area contributed by atoms with Crippen LogP contribution in [0.4, 0.5) is 0 Å². The fourth-order valence-corrected chi connectivity index (χ4v) is 8.75. The van der Waals surface area contributed by atoms with Gasteiger partial charge in [-0.3, -0.25) is 0 Å². The van der Waals surface area contributed by atoms with Gasteiger partial charge in [0, 0.05) is 24.8 Å². The summed E-state index contributed by atoms with van der Waals surface area (Å²) in [6.45, 7) is -0.891. The lowest BCUT2D eigenvalue weighted by Gasteiger charge is -2.49. The molecule has 3 saturated carbocycles. The quantitative estimate of drug-likeness (QED) is 0.0625. The highest BCUT2D eigenvalue weighted by atomic mass is 16.8. The Bertz CT molecular complexity index is 1180. The molecule has 6 fully saturated rings. The van der Waals surface area contributed by atoms with Gasteiger partial charge >= 0.3 is 5.97 Å². The van der Waals surface area contributed by atoms with Gasteiger partial charge in [0.2, 0.25) is 0 Å². The van der Waals surface area contributed by atoms with Crippen LogP contribution in [0.3, 0.4) is 0 Å². The van der Waals surface area contributed by atoms with E-state index in [4.69, 9.17) is 28.4 Å². The number of esters is 1. The lowest BCUT2D eigenvalue weighted by atomic mass is 9.72. The molecule has 0 aromatic carbocycles. The largest absolute Gasteiger partial charge is 0.460 e. The first-order chi connectivity index (χ1) is 24.8. The Morgan fingerprint density at radius 1 is 0.692 bits per heavy atom. The Morgan fingerprint density at radius 3 is 2.17 bits per heavy atom. The standard InChI is InChI=1S/C35H56O17/c36-17-5-1-15(2-6-17)3-8-27(42)47-14-26-29(44)30(45)33(52-34-31(46)28(43)23(41)13-48-34)35(51-26)50-25-12-19-21(39)10-18(37)11-24(19)49-32(25)16-4-7-20(38)22(40)9-16/h3,8,15-26,28-41,43-46H,1-2,4-7,9-14H2/p+1. The van der Waals surface area contributed by atoms with Crippen molar-refractivity contribution < 1.29 is 84.3 Å². The maximum atomic E-state index is 12.7. The molecular weight excluding hydrogens is 692 g/mol. The maximum absolute atomic E-state index is 12.7. The SMILES string of the molecule is O=C(C=CC1CCC(O)CC1)OCC1OC(OC2CC3C(O)CC(O)CC3[OH+]C2C2CCC(O)C(O)C2)C(OC2OCC(O)C(O)C2O)C(O)C1O. The molecular formula is C35H57O17+. The summed E-state index contributed by atoms with van der Waals surface area (Å²) < 4.78 is 34.5. The van der Waals surface area contributed by atoms with E-state index < -0.39 is 123 Å². The van der Waals surface area contributed by atoms with Crippen LogP contribution in [0.25, 0.3) is 0 Å². The van der Waals surface area contributed by atoms with Crippen molar-refractivity contribution in [2.45, 2.75) is 168 Å². The van der Waals surface area contributed by atoms with Crippen molar-refractivity contribution in [3.05, 3.63) is 12.2 Å². The Morgan fingerprint density at radius 2 is 1.44 bits per heavy atom. The van der Waals surface area contributed by atoms with Gasteiger partial charge < -0.3 is 79.5 Å². The predicted molar refractivity (Wildman–Crippen MR) is 175 cm³/mol. The van der Waals surface area contributed by atoms with Crippen LogP contribution in [0.1, 0.15) is 64.2 Å². The molecule has 298 valence electrons. The minimum absolute atomic E-state index is 0.106. The van der Waals surface area contributed by atoms with E-state index in [1.165, 1.54) is 6.08 Å². The Labute approximate surface area is 301 Å². The van der Waals surface area contributed by atoms with Crippen LogP contribution in [0, 0.1) is 17.8 Å². The van der Waals surface area contributed by atoms with Crippen molar-refractivity contribution in [3.8, 4) is 0 Å². The number of rotatable bonds is 9. The number of hydrogen-bond donors (Lipinski definition) is 10. The van der Waals surface area contributed by atoms with E-state index in [0.717, 1.165) is 12.8 Å². The third-order valence-corrected chi connectivity index (χ3v) is 11.9. The minimum atomic E-state index is -1.76. The second kappa shape index (κ2) is 17.6. The smallest absolute Gasteiger partial charge is 0.330 e. The predicted octanol–water partition coefficient (Wildman–Crippen LogP) is -3.38. The first kappa shape index (κ1) is 40.3. The zero-order valence-electron chi connectivity index (χ0n) is 29.1. The second-order valence-electron chi connectivity index (χ2n) is 15.6. The molecule has 3 saturated heterocycles. The van der Waals surface area contributed by atoms with Crippen molar-refractivity contribution in [3.63, 3.8) is 0 Å². The first-order valence-corrected chi connectivity index (χ1v) is 18.7. The van der Waals surface area contributed by atoms with Crippen molar-refractivity contribution in [1.82, 2.24) is 0 Å². The third kappa shape index (κ3) is 9.34. The van der Waals surface area contributed by atoms with E-state index in [2.05, 4.69) is 0 Å². The number of aliphatic hydroxyl groups is 12. The summed E-state index contributed by atoms with van der Waals surface area (Å²) in [4.78, 5) is 12.7. The molecule has 52 heavy (non-hydrogen) atoms. The monoisotopic (exact) mass is 749 g/mol. The van der Waals surface area contributed by atoms with E-state index in [9.17, 15) is 55.9 Å². The van der Waals surface area contributed by atoms with Gasteiger partial charge in [0.25, 0.3) is 0 Å². The molecule has 17 nitrogen and oxygen atoms in total. The van der Waals surface area contributed by atoms with E-state index in [1.807, 2.05) is 0 Å². The molecule has 18 atom stereocenters. The van der Waals surface area contributed by atoms with Crippen LogP contribution in [0.2, 0.25) is 0 Å². The number of ether oxygens (including phenoxy) is 6. The molecule has 3 aliphatic carbocycles. The number of hydrogen-bond acceptors (Lipinski definition) is 16. The number of fused-ring (bicyclic) bond motifs is 1. The van der Waals surface area contributed by atoms with Gasteiger partial charge in [-0.15, -0.1) is 0 Å². The Hall–Kier alpha value is -1.39. The van der Waals surface area contributed by atoms with Gasteiger partial charge in [-0.25, -0.2) is 4.79 Å². The average molecular weight is 750 g/mol. The topological polar surface area (TPSA) is 278 Å². The number of carbonyl (C=O) groups excluding carboxylic acids is 1. The summed E-state index contributed by atoms with van der Waals surface area (Å²) in [5.74, 6) is -1.27. The van der Waals surface area contributed by atoms with E-state index in [0.29, 0.717) is 32.1 Å². The minimum Gasteiger partial charge on any atom is -0.460 e. The van der Waals surface area contributed by atoms with E-state index in [1.54, 1.807) is 6.08 Å². The molecule has 0 aromatic rings. The van der Waals surface area contributed by atoms with Crippen molar-refractivity contribution in [2.75, 3.05) is 13.2 Å². The number of carbonyl (C=O) groups is 1. The van der Waals surface area contributed by atoms with Crippen LogP contribution in [-0.2, 0) is 28.5 Å². The normalized spacial score (nSPS) is 50.4. The van der Waals surface area contributed by atoms with Crippen molar-refractivity contribution in [1.29, 1.82) is 0 Å². The van der Waals surface area contributed by atoms with Gasteiger partial charge in [0.15, 0.2) is 24.8 Å². The molecule has 6 aliphatic rings. The van der Waals surface area contributed by atoms with Crippen LogP contribution in [-0.4, -0.2) is 179 Å². The summed E-state index contributed by atoms with van der Waals surface area (Å²) in [7, 11) is 0. The van der Waals surface area contributed by atoms with Crippen molar-refractivity contribution in [2.24, 2.45) is 17.8 Å². The molecule has 0 amide bonds. The highest BCUT2D eigenvalue weighted by Crippen LogP contribution is 2.42. The number of allylic oxidation sites excluding steroid dienone is 1. The van der Waals surface area contributed by atoms with E-state index >= 15 is 0 Å². The van der Waals surface area contributed by atoms with Crippen LogP contribution in [0.15, 0.2) is 12.2 Å². The van der Waals surface area contributed by atoms with E-state index in [-0.39, 0.29) is 37.2 Å². The fourth-order valence-electron chi connectivity index (χ4n) is 8.75. The van der Waals surface area contributed by atoms with Gasteiger partial charge in [-0.1, -0.05) is 6.08 Å². The van der Waals surface area contributed by atoms with Gasteiger partial charge in [-0.05, 0) is 57.3 Å². The number of aliphatic hydroxyl groups excluding tert-OH is 10. The van der Waals surface area contributed by atoms with Gasteiger partial charge in [0.05, 0.1) is 43.0 Å². The molecule has 0 radical (unpaired) electrons. The Balaban J connectivity index is 1.21. The zero-order chi connectivity index (χ0) is 37.3. The average Bonchev–Trinajstić information content (AvgIpc) is 3.11. The summed E-state index contributed by atoms with van der Waals surface area (Å²) >= 11 is 0. The lowest BCUT2D eigenvalue weighted by molar-refractivity contribution is -0.381. The summed E-state index contributed by atoms with van der Waals surface area (Å²) in [5, 5.41) is 105. The molecule has 17 heteroatoms. The second-order valence-corrected chi connectivity index (χ2v) is 15.6. The highest BCUT2D eigenvalue weighted by molar-refractivity contribution is 5.81. The first-order valence-electron chi connectivity index (χ1n) is 18.7. The highest BCUT2D eigenvalue weighted by Gasteiger charge is 2.56. The molecule has 0 aromatic heterocycles. The van der Waals surface area contributed by atoms with Gasteiger partial charge in [-0.2, -0.15) is 0 Å². The molecule has 11 N–H and O–H groups in total. The molecule has 0 bridgehead atoms. The molecule has 6 rings (SSSR count). The Kier molecular flexibility index (Phi) is 13.6. The zero-order valence-corrected chi connectivity index (χ0v) is 29.1. The lowest BCUT2D eigenvalue weighted by Crippen LogP contribution is -2.65. The molecule has 3 aliphatic heterocycles. The van der Waals surface area contributed by atoms with Crippen molar-refractivity contribution >= 4 is 5.97 Å². The summed E-state index contributed by atoms with van der Waals surface area (Å²) in [5.41, 5.74) is 0. The third-order valence-electron chi connectivity index (χ3n) is 11.9. The van der Waals surface area contributed by atoms with Gasteiger partial charge in [0.1, 0.15) is 55.4 Å². The maximum Gasteiger partial charge on any atom is 0.330 e. The molecule has 0 spiro atoms. The molecule has 18 unspecified atom stereocenters. The van der Waals surface area contributed by atoms with Crippen LogP contribution < -0.4 is 0 Å². The summed E-state index contributed by atoms with van der Waals surface area (Å²) in [6, 6.07) is 0. The fraction of sp³-hybridized carbons (Fsp3) is 0.914.